The van der Waals surface area contributed by atoms with Crippen molar-refractivity contribution in [2.24, 2.45) is 5.73 Å². The smallest absolute Gasteiger partial charge is 0.319 e. The number of aliphatic hydroxyl groups is 1. The van der Waals surface area contributed by atoms with Crippen LogP contribution < -0.4 is 21.7 Å². The van der Waals surface area contributed by atoms with Crippen molar-refractivity contribution >= 4 is 29.1 Å². The van der Waals surface area contributed by atoms with E-state index >= 15 is 0 Å². The van der Waals surface area contributed by atoms with E-state index < -0.39 is 11.6 Å². The number of nitrogens with one attached hydrogen (secondary N) is 4. The first kappa shape index (κ1) is 32.4. The van der Waals surface area contributed by atoms with Crippen LogP contribution in [-0.2, 0) is 12.1 Å². The Hall–Kier alpha value is -4.97. The van der Waals surface area contributed by atoms with Gasteiger partial charge in [0, 0.05) is 35.1 Å². The Morgan fingerprint density at radius 1 is 1.04 bits per heavy atom. The van der Waals surface area contributed by atoms with Crippen LogP contribution >= 0.6 is 0 Å². The molecule has 1 aliphatic heterocycles. The third kappa shape index (κ3) is 7.28. The first-order valence-corrected chi connectivity index (χ1v) is 15.2. The fourth-order valence-electron chi connectivity index (χ4n) is 5.49. The Kier molecular flexibility index (Phi) is 9.86. The molecule has 11 heteroatoms. The lowest BCUT2D eigenvalue weighted by Crippen LogP contribution is -2.47. The van der Waals surface area contributed by atoms with Crippen LogP contribution in [0.15, 0.2) is 91.0 Å². The van der Waals surface area contributed by atoms with Crippen molar-refractivity contribution in [2.75, 3.05) is 37.9 Å². The Morgan fingerprint density at radius 3 is 2.46 bits per heavy atom. The summed E-state index contributed by atoms with van der Waals surface area (Å²) in [5.74, 6) is 0.358. The second-order valence-electron chi connectivity index (χ2n) is 12.2. The zero-order valence-electron chi connectivity index (χ0n) is 26.6. The first-order chi connectivity index (χ1) is 22.1. The van der Waals surface area contributed by atoms with E-state index in [0.717, 1.165) is 34.6 Å². The molecule has 0 unspecified atom stereocenters. The molecule has 3 aromatic carbocycles. The van der Waals surface area contributed by atoms with Gasteiger partial charge in [-0.25, -0.2) is 4.79 Å². The highest BCUT2D eigenvalue weighted by Crippen LogP contribution is 2.41. The summed E-state index contributed by atoms with van der Waals surface area (Å²) in [6, 6.07) is 23.0. The molecule has 0 fully saturated rings. The summed E-state index contributed by atoms with van der Waals surface area (Å²) < 4.78 is 0. The monoisotopic (exact) mass is 622 g/mol. The molecule has 11 nitrogen and oxygen atoms in total. The summed E-state index contributed by atoms with van der Waals surface area (Å²) >= 11 is 0. The molecule has 7 N–H and O–H groups in total. The third-order valence-electron chi connectivity index (χ3n) is 8.15. The van der Waals surface area contributed by atoms with Crippen LogP contribution in [0, 0.1) is 0 Å². The molecule has 46 heavy (non-hydrogen) atoms. The number of hydrogen-bond acceptors (Lipinski definition) is 7. The van der Waals surface area contributed by atoms with Crippen molar-refractivity contribution in [3.8, 4) is 0 Å². The van der Waals surface area contributed by atoms with E-state index in [9.17, 15) is 14.7 Å². The number of carbonyl (C=O) groups is 2. The van der Waals surface area contributed by atoms with Crippen molar-refractivity contribution in [2.45, 2.75) is 38.0 Å². The van der Waals surface area contributed by atoms with E-state index in [4.69, 9.17) is 5.73 Å². The van der Waals surface area contributed by atoms with Gasteiger partial charge in [0.25, 0.3) is 5.91 Å². The summed E-state index contributed by atoms with van der Waals surface area (Å²) in [4.78, 5) is 30.2. The van der Waals surface area contributed by atoms with Crippen LogP contribution in [0.4, 0.5) is 22.0 Å². The van der Waals surface area contributed by atoms with Crippen LogP contribution in [0.25, 0.3) is 0 Å². The molecule has 4 aromatic rings. The largest absolute Gasteiger partial charge is 0.394 e. The molecule has 1 aromatic heterocycles. The lowest BCUT2D eigenvalue weighted by atomic mass is 10.0. The minimum Gasteiger partial charge on any atom is -0.394 e. The zero-order chi connectivity index (χ0) is 32.8. The number of fused-ring (bicyclic) bond motifs is 1. The average molecular weight is 623 g/mol. The number of likely N-dealkylation sites (N-methyl/N-ethyl adjacent to an activating group) is 1. The minimum atomic E-state index is -0.666. The molecule has 2 atom stereocenters. The Balaban J connectivity index is 1.23. The number of H-pyrrole nitrogens is 1. The molecular weight excluding hydrogens is 580 g/mol. The standard InChI is InChI=1S/C35H42N8O3/c1-35(2)31-28(21-43(35)34(46)39-30(22-44)24-10-6-5-7-11-24)32(41-40-31)37-26-12-8-13-27(20-26)38-33(45)25-17-15-23(16-18-25)29(36)14-9-19-42(3)4/h5-18,20,29-30,44H,19,21-22,36H2,1-4H3,(H,38,45)(H,39,46)(H2,37,40,41)/b14-9+/t29-,30+/m0/s1. The van der Waals surface area contributed by atoms with Gasteiger partial charge in [0.1, 0.15) is 0 Å². The van der Waals surface area contributed by atoms with Crippen LogP contribution in [0.2, 0.25) is 0 Å². The molecule has 0 aliphatic carbocycles. The summed E-state index contributed by atoms with van der Waals surface area (Å²) in [6.07, 6.45) is 3.98. The number of rotatable bonds is 11. The number of aromatic amines is 1. The SMILES string of the molecule is CN(C)C/C=C/[C@H](N)c1ccc(C(=O)Nc2cccc(Nc3n[nH]c4c3CN(C(=O)N[C@H](CO)c3ccccc3)C4(C)C)c2)cc1. The van der Waals surface area contributed by atoms with Gasteiger partial charge in [-0.05, 0) is 69.4 Å². The van der Waals surface area contributed by atoms with Crippen molar-refractivity contribution < 1.29 is 14.7 Å². The molecule has 0 saturated heterocycles. The molecule has 0 saturated carbocycles. The van der Waals surface area contributed by atoms with Gasteiger partial charge in [0.2, 0.25) is 0 Å². The number of aromatic nitrogens is 2. The summed E-state index contributed by atoms with van der Waals surface area (Å²) in [6.45, 7) is 4.82. The highest BCUT2D eigenvalue weighted by atomic mass is 16.3. The number of nitrogens with zero attached hydrogens (tertiary/aromatic N) is 3. The maximum Gasteiger partial charge on any atom is 0.319 e. The molecule has 0 bridgehead atoms. The van der Waals surface area contributed by atoms with E-state index in [1.807, 2.05) is 107 Å². The molecule has 240 valence electrons. The highest BCUT2D eigenvalue weighted by molar-refractivity contribution is 6.04. The van der Waals surface area contributed by atoms with Gasteiger partial charge in [-0.2, -0.15) is 5.10 Å². The number of benzene rings is 3. The first-order valence-electron chi connectivity index (χ1n) is 15.2. The fraction of sp³-hybridized carbons (Fsp3) is 0.286. The van der Waals surface area contributed by atoms with Crippen LogP contribution in [0.5, 0.6) is 0 Å². The normalized spacial score (nSPS) is 15.1. The number of nitrogens with two attached hydrogens (primary N) is 1. The van der Waals surface area contributed by atoms with Gasteiger partial charge in [0.15, 0.2) is 5.82 Å². The lowest BCUT2D eigenvalue weighted by molar-refractivity contribution is 0.102. The van der Waals surface area contributed by atoms with Crippen molar-refractivity contribution in [1.82, 2.24) is 25.3 Å². The van der Waals surface area contributed by atoms with Crippen LogP contribution in [0.3, 0.4) is 0 Å². The highest BCUT2D eigenvalue weighted by Gasteiger charge is 2.44. The number of urea groups is 1. The lowest BCUT2D eigenvalue weighted by Gasteiger charge is -2.33. The van der Waals surface area contributed by atoms with Gasteiger partial charge in [-0.3, -0.25) is 9.89 Å². The molecule has 0 spiro atoms. The summed E-state index contributed by atoms with van der Waals surface area (Å²) in [5, 5.41) is 26.8. The fourth-order valence-corrected chi connectivity index (χ4v) is 5.49. The maximum absolute atomic E-state index is 13.4. The molecule has 0 radical (unpaired) electrons. The van der Waals surface area contributed by atoms with E-state index in [1.165, 1.54) is 0 Å². The third-order valence-corrected chi connectivity index (χ3v) is 8.15. The maximum atomic E-state index is 13.4. The van der Waals surface area contributed by atoms with Crippen molar-refractivity contribution in [1.29, 1.82) is 0 Å². The van der Waals surface area contributed by atoms with Gasteiger partial charge < -0.3 is 36.6 Å². The van der Waals surface area contributed by atoms with Crippen molar-refractivity contribution in [3.63, 3.8) is 0 Å². The number of anilines is 3. The number of carbonyl (C=O) groups excluding carboxylic acids is 2. The predicted molar refractivity (Wildman–Crippen MR) is 181 cm³/mol. The quantitative estimate of drug-likeness (QED) is 0.129. The topological polar surface area (TPSA) is 152 Å². The van der Waals surface area contributed by atoms with Crippen LogP contribution in [0.1, 0.15) is 58.7 Å². The molecule has 2 heterocycles. The Bertz CT molecular complexity index is 1680. The predicted octanol–water partition coefficient (Wildman–Crippen LogP) is 5.02. The number of aliphatic hydroxyl groups excluding tert-OH is 1. The number of amides is 3. The average Bonchev–Trinajstić information content (AvgIpc) is 3.57. The van der Waals surface area contributed by atoms with Gasteiger partial charge >= 0.3 is 6.03 Å². The van der Waals surface area contributed by atoms with Gasteiger partial charge in [-0.1, -0.05) is 60.7 Å². The summed E-state index contributed by atoms with van der Waals surface area (Å²) in [7, 11) is 3.99. The zero-order valence-corrected chi connectivity index (χ0v) is 26.6. The van der Waals surface area contributed by atoms with E-state index in [0.29, 0.717) is 23.6 Å². The molecule has 1 aliphatic rings. The second kappa shape index (κ2) is 14.0. The number of hydrogen-bond donors (Lipinski definition) is 6. The van der Waals surface area contributed by atoms with E-state index in [2.05, 4.69) is 31.0 Å². The molecule has 3 amide bonds. The Labute approximate surface area is 269 Å². The minimum absolute atomic E-state index is 0.217. The van der Waals surface area contributed by atoms with Gasteiger partial charge in [0.05, 0.1) is 30.4 Å². The molecule has 5 rings (SSSR count). The van der Waals surface area contributed by atoms with E-state index in [-0.39, 0.29) is 24.6 Å². The van der Waals surface area contributed by atoms with Gasteiger partial charge in [-0.15, -0.1) is 0 Å². The molecular formula is C35H42N8O3. The Morgan fingerprint density at radius 2 is 1.76 bits per heavy atom. The van der Waals surface area contributed by atoms with Crippen molar-refractivity contribution in [3.05, 3.63) is 119 Å². The second-order valence-corrected chi connectivity index (χ2v) is 12.2. The van der Waals surface area contributed by atoms with Crippen LogP contribution in [-0.4, -0.2) is 64.3 Å². The summed E-state index contributed by atoms with van der Waals surface area (Å²) in [5.41, 5.74) is 10.9. The van der Waals surface area contributed by atoms with E-state index in [1.54, 1.807) is 17.0 Å².